The van der Waals surface area contributed by atoms with Crippen LogP contribution in [0.2, 0.25) is 0 Å². The summed E-state index contributed by atoms with van der Waals surface area (Å²) < 4.78 is 3.48. The first-order valence-electron chi connectivity index (χ1n) is 9.39. The molecule has 0 radical (unpaired) electrons. The highest BCUT2D eigenvalue weighted by molar-refractivity contribution is 7.99. The van der Waals surface area contributed by atoms with Gasteiger partial charge in [-0.1, -0.05) is 60.3 Å². The predicted molar refractivity (Wildman–Crippen MR) is 116 cm³/mol. The zero-order valence-electron chi connectivity index (χ0n) is 15.8. The maximum absolute atomic E-state index is 12.8. The maximum atomic E-state index is 12.8. The quantitative estimate of drug-likeness (QED) is 0.192. The third-order valence-corrected chi connectivity index (χ3v) is 5.68. The summed E-state index contributed by atoms with van der Waals surface area (Å²) in [5, 5.41) is 9.87. The fourth-order valence-corrected chi connectivity index (χ4v) is 4.16. The number of Topliss-reactive ketones (excluding diaryl/α,β-unsaturated/α-hetero) is 1. The van der Waals surface area contributed by atoms with E-state index >= 15 is 0 Å². The highest BCUT2D eigenvalue weighted by atomic mass is 32.2. The Kier molecular flexibility index (Phi) is 5.57. The number of nitrogens with zero attached hydrogens (tertiary/aromatic N) is 4. The van der Waals surface area contributed by atoms with Gasteiger partial charge in [0.15, 0.2) is 10.9 Å². The number of carbonyl (C=O) groups is 1. The fourth-order valence-electron chi connectivity index (χ4n) is 3.29. The predicted octanol–water partition coefficient (Wildman–Crippen LogP) is 3.99. The number of rotatable bonds is 8. The summed E-state index contributed by atoms with van der Waals surface area (Å²) in [4.78, 5) is 25.1. The van der Waals surface area contributed by atoms with Gasteiger partial charge in [0.05, 0.1) is 10.9 Å². The van der Waals surface area contributed by atoms with Crippen LogP contribution in [0.4, 0.5) is 0 Å². The molecule has 0 fully saturated rings. The van der Waals surface area contributed by atoms with Gasteiger partial charge in [-0.05, 0) is 18.6 Å². The molecule has 4 rings (SSSR count). The van der Waals surface area contributed by atoms with Crippen LogP contribution in [0.5, 0.6) is 0 Å². The van der Waals surface area contributed by atoms with Crippen molar-refractivity contribution < 1.29 is 4.79 Å². The van der Waals surface area contributed by atoms with Crippen molar-refractivity contribution in [2.24, 2.45) is 0 Å². The number of thioether (sulfide) groups is 1. The second kappa shape index (κ2) is 8.45. The first kappa shape index (κ1) is 19.1. The summed E-state index contributed by atoms with van der Waals surface area (Å²) in [7, 11) is 0. The van der Waals surface area contributed by atoms with E-state index in [-0.39, 0.29) is 11.3 Å². The molecule has 4 aromatic rings. The van der Waals surface area contributed by atoms with Crippen LogP contribution in [0, 0.1) is 0 Å². The lowest BCUT2D eigenvalue weighted by Gasteiger charge is -2.09. The Hall–Kier alpha value is -3.19. The number of fused-ring (bicyclic) bond motifs is 3. The molecule has 7 heteroatoms. The summed E-state index contributed by atoms with van der Waals surface area (Å²) in [6.45, 7) is 4.10. The van der Waals surface area contributed by atoms with Gasteiger partial charge in [-0.2, -0.15) is 0 Å². The molecule has 146 valence electrons. The van der Waals surface area contributed by atoms with E-state index in [0.29, 0.717) is 29.3 Å². The molecule has 0 aliphatic carbocycles. The minimum absolute atomic E-state index is 0.106. The molecule has 0 saturated carbocycles. The molecule has 29 heavy (non-hydrogen) atoms. The number of aromatic nitrogens is 4. The van der Waals surface area contributed by atoms with Crippen LogP contribution >= 0.6 is 11.8 Å². The van der Waals surface area contributed by atoms with Crippen LogP contribution in [-0.4, -0.2) is 30.7 Å². The van der Waals surface area contributed by atoms with Gasteiger partial charge in [-0.25, -0.2) is 0 Å². The van der Waals surface area contributed by atoms with E-state index in [0.717, 1.165) is 23.3 Å². The first-order valence-corrected chi connectivity index (χ1v) is 10.4. The summed E-state index contributed by atoms with van der Waals surface area (Å²) in [6, 6.07) is 16.8. The Morgan fingerprint density at radius 3 is 2.62 bits per heavy atom. The van der Waals surface area contributed by atoms with Gasteiger partial charge in [-0.15, -0.1) is 16.8 Å². The molecule has 6 nitrogen and oxygen atoms in total. The van der Waals surface area contributed by atoms with E-state index in [1.54, 1.807) is 10.6 Å². The molecule has 0 spiro atoms. The van der Waals surface area contributed by atoms with Gasteiger partial charge < -0.3 is 0 Å². The molecule has 2 heterocycles. The second-order valence-corrected chi connectivity index (χ2v) is 7.64. The van der Waals surface area contributed by atoms with Gasteiger partial charge in [0.1, 0.15) is 0 Å². The van der Waals surface area contributed by atoms with Crippen molar-refractivity contribution in [3.05, 3.63) is 83.2 Å². The maximum Gasteiger partial charge on any atom is 0.263 e. The van der Waals surface area contributed by atoms with Gasteiger partial charge in [-0.3, -0.25) is 18.6 Å². The largest absolute Gasteiger partial charge is 0.294 e. The Bertz CT molecular complexity index is 1240. The summed E-state index contributed by atoms with van der Waals surface area (Å²) in [5.41, 5.74) is 1.41. The van der Waals surface area contributed by atoms with Gasteiger partial charge in [0, 0.05) is 24.3 Å². The molecule has 0 aliphatic heterocycles. The van der Waals surface area contributed by atoms with Crippen molar-refractivity contribution in [2.75, 3.05) is 5.75 Å². The van der Waals surface area contributed by atoms with Crippen LogP contribution in [0.25, 0.3) is 16.7 Å². The lowest BCUT2D eigenvalue weighted by atomic mass is 10.1. The molecule has 0 aliphatic rings. The smallest absolute Gasteiger partial charge is 0.263 e. The normalized spacial score (nSPS) is 11.2. The van der Waals surface area contributed by atoms with Crippen molar-refractivity contribution in [3.8, 4) is 0 Å². The number of carbonyl (C=O) groups excluding carboxylic acids is 1. The molecule has 2 aromatic heterocycles. The monoisotopic (exact) mass is 404 g/mol. The van der Waals surface area contributed by atoms with Crippen LogP contribution in [0.15, 0.2) is 77.2 Å². The number of hydrogen-bond donors (Lipinski definition) is 0. The highest BCUT2D eigenvalue weighted by Crippen LogP contribution is 2.22. The van der Waals surface area contributed by atoms with Crippen LogP contribution in [0.3, 0.4) is 0 Å². The molecule has 0 bridgehead atoms. The van der Waals surface area contributed by atoms with Crippen LogP contribution in [-0.2, 0) is 6.54 Å². The van der Waals surface area contributed by atoms with E-state index < -0.39 is 0 Å². The minimum Gasteiger partial charge on any atom is -0.294 e. The SMILES string of the molecule is C=CCn1c(=O)c2ccccc2n2c(SCCCC(=O)c3ccccc3)nnc12. The number of para-hydroxylation sites is 1. The third-order valence-electron chi connectivity index (χ3n) is 4.66. The standard InChI is InChI=1S/C22H20N4O2S/c1-2-14-25-20(28)17-11-6-7-12-18(17)26-21(25)23-24-22(26)29-15-8-13-19(27)16-9-4-3-5-10-16/h2-7,9-12H,1,8,13-15H2. The molecule has 2 aromatic carbocycles. The van der Waals surface area contributed by atoms with Crippen molar-refractivity contribution in [2.45, 2.75) is 24.5 Å². The first-order chi connectivity index (χ1) is 14.2. The lowest BCUT2D eigenvalue weighted by Crippen LogP contribution is -2.22. The average molecular weight is 404 g/mol. The van der Waals surface area contributed by atoms with Crippen molar-refractivity contribution in [3.63, 3.8) is 0 Å². The Morgan fingerprint density at radius 2 is 1.83 bits per heavy atom. The van der Waals surface area contributed by atoms with E-state index in [1.807, 2.05) is 59.0 Å². The number of hydrogen-bond acceptors (Lipinski definition) is 5. The summed E-state index contributed by atoms with van der Waals surface area (Å²) >= 11 is 1.54. The van der Waals surface area contributed by atoms with Gasteiger partial charge in [0.2, 0.25) is 5.78 Å². The van der Waals surface area contributed by atoms with Crippen LogP contribution in [0.1, 0.15) is 23.2 Å². The molecule has 0 N–H and O–H groups in total. The number of ketones is 1. The molecular weight excluding hydrogens is 384 g/mol. The zero-order valence-corrected chi connectivity index (χ0v) is 16.6. The zero-order chi connectivity index (χ0) is 20.2. The molecule has 0 amide bonds. The number of benzene rings is 2. The van der Waals surface area contributed by atoms with Crippen molar-refractivity contribution in [1.29, 1.82) is 0 Å². The van der Waals surface area contributed by atoms with E-state index in [4.69, 9.17) is 0 Å². The van der Waals surface area contributed by atoms with Crippen molar-refractivity contribution in [1.82, 2.24) is 19.2 Å². The van der Waals surface area contributed by atoms with Gasteiger partial charge >= 0.3 is 0 Å². The van der Waals surface area contributed by atoms with Crippen LogP contribution < -0.4 is 5.56 Å². The average Bonchev–Trinajstić information content (AvgIpc) is 3.18. The minimum atomic E-state index is -0.106. The fraction of sp³-hybridized carbons (Fsp3) is 0.182. The molecule has 0 saturated heterocycles. The second-order valence-electron chi connectivity index (χ2n) is 6.58. The topological polar surface area (TPSA) is 69.3 Å². The van der Waals surface area contributed by atoms with E-state index in [1.165, 1.54) is 11.8 Å². The summed E-state index contributed by atoms with van der Waals surface area (Å²) in [6.07, 6.45) is 2.89. The molecule has 0 atom stereocenters. The summed E-state index contributed by atoms with van der Waals surface area (Å²) in [5.74, 6) is 1.37. The number of allylic oxidation sites excluding steroid dienone is 1. The van der Waals surface area contributed by atoms with E-state index in [2.05, 4.69) is 16.8 Å². The Balaban J connectivity index is 1.58. The molecule has 0 unspecified atom stereocenters. The van der Waals surface area contributed by atoms with Crippen molar-refractivity contribution >= 4 is 34.2 Å². The van der Waals surface area contributed by atoms with Gasteiger partial charge in [0.25, 0.3) is 5.56 Å². The molecular formula is C22H20N4O2S. The third kappa shape index (κ3) is 3.73. The Morgan fingerprint density at radius 1 is 1.07 bits per heavy atom. The highest BCUT2D eigenvalue weighted by Gasteiger charge is 2.16. The Labute approximate surface area is 171 Å². The lowest BCUT2D eigenvalue weighted by molar-refractivity contribution is 0.0982. The van der Waals surface area contributed by atoms with E-state index in [9.17, 15) is 9.59 Å².